The largest absolute Gasteiger partial charge is 0.337 e. The molecule has 1 saturated heterocycles. The number of Topliss-reactive ketones (excluding diaryl/α,β-unsaturated/α-hetero) is 1. The smallest absolute Gasteiger partial charge is 0.274 e. The molecule has 1 fully saturated rings. The van der Waals surface area contributed by atoms with E-state index in [4.69, 9.17) is 0 Å². The zero-order chi connectivity index (χ0) is 25.2. The molecule has 1 aliphatic rings. The van der Waals surface area contributed by atoms with Gasteiger partial charge in [-0.2, -0.15) is 5.10 Å². The van der Waals surface area contributed by atoms with E-state index in [-0.39, 0.29) is 42.4 Å². The lowest BCUT2D eigenvalue weighted by molar-refractivity contribution is 0.0644. The van der Waals surface area contributed by atoms with Gasteiger partial charge in [0.2, 0.25) is 0 Å². The third kappa shape index (κ3) is 4.54. The number of nitrogens with zero attached hydrogens (tertiary/aromatic N) is 3. The van der Waals surface area contributed by atoms with Crippen LogP contribution < -0.4 is 5.56 Å². The summed E-state index contributed by atoms with van der Waals surface area (Å²) < 4.78 is 28.9. The number of hydrogen-bond donors (Lipinski definition) is 0. The molecule has 0 spiro atoms. The summed E-state index contributed by atoms with van der Waals surface area (Å²) in [7, 11) is 0. The van der Waals surface area contributed by atoms with Crippen molar-refractivity contribution in [1.29, 1.82) is 0 Å². The minimum atomic E-state index is -0.753. The van der Waals surface area contributed by atoms with Crippen molar-refractivity contribution in [2.75, 3.05) is 13.1 Å². The normalized spacial score (nSPS) is 14.2. The van der Waals surface area contributed by atoms with Gasteiger partial charge in [0.1, 0.15) is 11.6 Å². The fourth-order valence-electron chi connectivity index (χ4n) is 4.66. The molecule has 5 rings (SSSR count). The van der Waals surface area contributed by atoms with Crippen molar-refractivity contribution in [2.24, 2.45) is 5.92 Å². The number of aromatic nitrogens is 2. The molecule has 0 bridgehead atoms. The Labute approximate surface area is 205 Å². The summed E-state index contributed by atoms with van der Waals surface area (Å²) in [5.74, 6) is -2.73. The lowest BCUT2D eigenvalue weighted by Crippen LogP contribution is -2.41. The number of likely N-dealkylation sites (tertiary alicyclic amines) is 1. The number of fused-ring (bicyclic) bond motifs is 1. The van der Waals surface area contributed by atoms with Crippen molar-refractivity contribution in [3.05, 3.63) is 112 Å². The Kier molecular flexibility index (Phi) is 6.41. The van der Waals surface area contributed by atoms with Crippen molar-refractivity contribution in [3.63, 3.8) is 0 Å². The van der Waals surface area contributed by atoms with Crippen LogP contribution in [0.15, 0.2) is 77.6 Å². The van der Waals surface area contributed by atoms with Gasteiger partial charge < -0.3 is 4.90 Å². The molecule has 0 unspecified atom stereocenters. The molecule has 36 heavy (non-hydrogen) atoms. The van der Waals surface area contributed by atoms with Gasteiger partial charge in [0.05, 0.1) is 17.5 Å². The Balaban J connectivity index is 1.39. The van der Waals surface area contributed by atoms with Gasteiger partial charge in [0, 0.05) is 24.4 Å². The fraction of sp³-hybridized carbons (Fsp3) is 0.214. The molecule has 1 aliphatic heterocycles. The topological polar surface area (TPSA) is 72.3 Å². The van der Waals surface area contributed by atoms with Crippen LogP contribution in [-0.2, 0) is 6.54 Å². The molecule has 0 aliphatic carbocycles. The van der Waals surface area contributed by atoms with Crippen molar-refractivity contribution >= 4 is 22.5 Å². The maximum absolute atomic E-state index is 14.1. The molecule has 0 atom stereocenters. The van der Waals surface area contributed by atoms with Gasteiger partial charge in [-0.05, 0) is 42.7 Å². The van der Waals surface area contributed by atoms with Gasteiger partial charge in [0.15, 0.2) is 11.5 Å². The molecule has 1 amide bonds. The Morgan fingerprint density at radius 2 is 1.56 bits per heavy atom. The van der Waals surface area contributed by atoms with Crippen LogP contribution in [0.4, 0.5) is 8.78 Å². The summed E-state index contributed by atoms with van der Waals surface area (Å²) in [4.78, 5) is 41.0. The molecule has 1 aromatic heterocycles. The van der Waals surface area contributed by atoms with E-state index in [0.29, 0.717) is 23.6 Å². The minimum Gasteiger partial charge on any atom is -0.337 e. The average molecular weight is 488 g/mol. The number of ketones is 1. The minimum absolute atomic E-state index is 0.169. The van der Waals surface area contributed by atoms with Crippen molar-refractivity contribution < 1.29 is 18.4 Å². The number of carbonyl (C=O) groups excluding carboxylic acids is 2. The number of benzene rings is 3. The standard InChI is InChI=1S/C28H23F2N3O3/c29-20-10-11-24(30)23(16-20)26(34)19-12-14-32(15-13-19)28(36)25-21-8-4-5-9-22(21)27(35)33(31-25)17-18-6-2-1-3-7-18/h1-11,16,19H,12-15,17H2. The molecule has 8 heteroatoms. The maximum Gasteiger partial charge on any atom is 0.274 e. The molecule has 2 heterocycles. The zero-order valence-corrected chi connectivity index (χ0v) is 19.4. The second kappa shape index (κ2) is 9.81. The lowest BCUT2D eigenvalue weighted by atomic mass is 9.88. The number of carbonyl (C=O) groups is 2. The second-order valence-corrected chi connectivity index (χ2v) is 8.90. The highest BCUT2D eigenvalue weighted by atomic mass is 19.1. The fourth-order valence-corrected chi connectivity index (χ4v) is 4.66. The van der Waals surface area contributed by atoms with E-state index in [0.717, 1.165) is 23.8 Å². The van der Waals surface area contributed by atoms with Crippen LogP contribution in [0.5, 0.6) is 0 Å². The predicted molar refractivity (Wildman–Crippen MR) is 131 cm³/mol. The number of piperidine rings is 1. The Morgan fingerprint density at radius 3 is 2.28 bits per heavy atom. The van der Waals surface area contributed by atoms with Gasteiger partial charge in [-0.1, -0.05) is 48.5 Å². The van der Waals surface area contributed by atoms with E-state index in [1.165, 1.54) is 4.68 Å². The molecule has 0 radical (unpaired) electrons. The Morgan fingerprint density at radius 1 is 0.889 bits per heavy atom. The number of hydrogen-bond acceptors (Lipinski definition) is 4. The first-order valence-corrected chi connectivity index (χ1v) is 11.7. The van der Waals surface area contributed by atoms with Crippen molar-refractivity contribution in [1.82, 2.24) is 14.7 Å². The maximum atomic E-state index is 14.1. The van der Waals surface area contributed by atoms with Crippen LogP contribution in [0.3, 0.4) is 0 Å². The molecule has 0 saturated carbocycles. The highest BCUT2D eigenvalue weighted by Crippen LogP contribution is 2.25. The van der Waals surface area contributed by atoms with E-state index in [1.54, 1.807) is 29.2 Å². The first-order valence-electron chi connectivity index (χ1n) is 11.7. The van der Waals surface area contributed by atoms with Crippen LogP contribution in [0.1, 0.15) is 39.3 Å². The molecular weight excluding hydrogens is 464 g/mol. The lowest BCUT2D eigenvalue weighted by Gasteiger charge is -2.31. The number of amides is 1. The Hall–Kier alpha value is -4.20. The summed E-state index contributed by atoms with van der Waals surface area (Å²) in [5, 5.41) is 5.32. The first-order chi connectivity index (χ1) is 17.4. The number of rotatable bonds is 5. The van der Waals surface area contributed by atoms with Gasteiger partial charge in [-0.3, -0.25) is 14.4 Å². The van der Waals surface area contributed by atoms with E-state index >= 15 is 0 Å². The third-order valence-electron chi connectivity index (χ3n) is 6.59. The number of halogens is 2. The molecular formula is C28H23F2N3O3. The first kappa shape index (κ1) is 23.5. The summed E-state index contributed by atoms with van der Waals surface area (Å²) in [6.07, 6.45) is 0.643. The quantitative estimate of drug-likeness (QED) is 0.390. The summed E-state index contributed by atoms with van der Waals surface area (Å²) in [6.45, 7) is 0.751. The summed E-state index contributed by atoms with van der Waals surface area (Å²) >= 11 is 0. The summed E-state index contributed by atoms with van der Waals surface area (Å²) in [6, 6.07) is 19.1. The van der Waals surface area contributed by atoms with Crippen molar-refractivity contribution in [2.45, 2.75) is 19.4 Å². The zero-order valence-electron chi connectivity index (χ0n) is 19.4. The molecule has 182 valence electrons. The van der Waals surface area contributed by atoms with E-state index in [1.807, 2.05) is 30.3 Å². The van der Waals surface area contributed by atoms with Crippen molar-refractivity contribution in [3.8, 4) is 0 Å². The highest BCUT2D eigenvalue weighted by Gasteiger charge is 2.31. The predicted octanol–water partition coefficient (Wildman–Crippen LogP) is 4.46. The van der Waals surface area contributed by atoms with Crippen LogP contribution in [0.2, 0.25) is 0 Å². The van der Waals surface area contributed by atoms with E-state index in [2.05, 4.69) is 5.10 Å². The molecule has 0 N–H and O–H groups in total. The Bertz CT molecular complexity index is 1510. The summed E-state index contributed by atoms with van der Waals surface area (Å²) in [5.41, 5.74) is 0.500. The third-order valence-corrected chi connectivity index (χ3v) is 6.59. The van der Waals surface area contributed by atoms with Crippen LogP contribution >= 0.6 is 0 Å². The van der Waals surface area contributed by atoms with Gasteiger partial charge in [-0.15, -0.1) is 0 Å². The highest BCUT2D eigenvalue weighted by molar-refractivity contribution is 6.05. The average Bonchev–Trinajstić information content (AvgIpc) is 2.91. The van der Waals surface area contributed by atoms with Crippen LogP contribution in [0, 0.1) is 17.6 Å². The van der Waals surface area contributed by atoms with Crippen LogP contribution in [0.25, 0.3) is 10.8 Å². The van der Waals surface area contributed by atoms with E-state index < -0.39 is 23.3 Å². The van der Waals surface area contributed by atoms with Crippen LogP contribution in [-0.4, -0.2) is 39.5 Å². The van der Waals surface area contributed by atoms with Gasteiger partial charge in [0.25, 0.3) is 11.5 Å². The van der Waals surface area contributed by atoms with Gasteiger partial charge in [-0.25, -0.2) is 13.5 Å². The molecule has 4 aromatic rings. The monoisotopic (exact) mass is 487 g/mol. The molecule has 3 aromatic carbocycles. The SMILES string of the molecule is O=C(c1cc(F)ccc1F)C1CCN(C(=O)c2nn(Cc3ccccc3)c(=O)c3ccccc23)CC1. The molecule has 6 nitrogen and oxygen atoms in total. The second-order valence-electron chi connectivity index (χ2n) is 8.90. The van der Waals surface area contributed by atoms with Gasteiger partial charge >= 0.3 is 0 Å². The van der Waals surface area contributed by atoms with E-state index in [9.17, 15) is 23.2 Å².